The van der Waals surface area contributed by atoms with Gasteiger partial charge in [-0.1, -0.05) is 23.9 Å². The van der Waals surface area contributed by atoms with Gasteiger partial charge in [-0.2, -0.15) is 0 Å². The lowest BCUT2D eigenvalue weighted by molar-refractivity contribution is 0.0937. The Labute approximate surface area is 180 Å². The molecule has 0 saturated carbocycles. The topological polar surface area (TPSA) is 61.4 Å². The summed E-state index contributed by atoms with van der Waals surface area (Å²) in [5.74, 6) is 0.635. The number of imidazole rings is 1. The van der Waals surface area contributed by atoms with Gasteiger partial charge in [0.25, 0.3) is 5.56 Å². The van der Waals surface area contributed by atoms with Crippen LogP contribution in [-0.2, 0) is 17.0 Å². The molecule has 1 unspecified atom stereocenters. The number of hydrogen-bond donors (Lipinski definition) is 0. The van der Waals surface area contributed by atoms with Crippen LogP contribution in [0.2, 0.25) is 0 Å². The predicted molar refractivity (Wildman–Crippen MR) is 117 cm³/mol. The standard InChI is InChI=1S/C21H19BrN4O2S/c22-14-7-8-19-23-15(11-25(19)10-14)13-29-21-24-18-6-2-1-5-17(18)20(27)26(21)12-16-4-3-9-28-16/h1-2,5-8,10-11,16H,3-4,9,12-13H2. The fraction of sp³-hybridized carbons (Fsp3) is 0.286. The Morgan fingerprint density at radius 1 is 1.17 bits per heavy atom. The Hall–Kier alpha value is -2.16. The lowest BCUT2D eigenvalue weighted by Crippen LogP contribution is -2.28. The van der Waals surface area contributed by atoms with Crippen LogP contribution in [0, 0.1) is 0 Å². The molecule has 1 aromatic carbocycles. The highest BCUT2D eigenvalue weighted by Gasteiger charge is 2.20. The van der Waals surface area contributed by atoms with Crippen molar-refractivity contribution in [3.05, 3.63) is 69.3 Å². The summed E-state index contributed by atoms with van der Waals surface area (Å²) in [5.41, 5.74) is 2.56. The number of pyridine rings is 1. The summed E-state index contributed by atoms with van der Waals surface area (Å²) >= 11 is 5.03. The van der Waals surface area contributed by atoms with Crippen LogP contribution in [0.4, 0.5) is 0 Å². The van der Waals surface area contributed by atoms with Gasteiger partial charge in [-0.15, -0.1) is 0 Å². The summed E-state index contributed by atoms with van der Waals surface area (Å²) in [6.45, 7) is 1.30. The molecule has 0 aliphatic carbocycles. The number of nitrogens with zero attached hydrogens (tertiary/aromatic N) is 4. The summed E-state index contributed by atoms with van der Waals surface area (Å²) in [5, 5.41) is 1.36. The Kier molecular flexibility index (Phi) is 5.15. The molecule has 0 amide bonds. The highest BCUT2D eigenvalue weighted by atomic mass is 79.9. The molecule has 1 fully saturated rings. The van der Waals surface area contributed by atoms with E-state index in [2.05, 4.69) is 20.9 Å². The first-order valence-corrected chi connectivity index (χ1v) is 11.3. The van der Waals surface area contributed by atoms with Crippen molar-refractivity contribution in [3.8, 4) is 0 Å². The number of thioether (sulfide) groups is 1. The lowest BCUT2D eigenvalue weighted by Gasteiger charge is -2.16. The Balaban J connectivity index is 1.49. The van der Waals surface area contributed by atoms with Crippen LogP contribution in [0.1, 0.15) is 18.5 Å². The number of halogens is 1. The normalized spacial score (nSPS) is 16.8. The Morgan fingerprint density at radius 3 is 2.93 bits per heavy atom. The van der Waals surface area contributed by atoms with Crippen LogP contribution in [0.5, 0.6) is 0 Å². The molecule has 1 atom stereocenters. The first-order chi connectivity index (χ1) is 14.2. The third kappa shape index (κ3) is 3.84. The maximum absolute atomic E-state index is 13.2. The fourth-order valence-electron chi connectivity index (χ4n) is 3.64. The smallest absolute Gasteiger partial charge is 0.262 e. The van der Waals surface area contributed by atoms with Crippen LogP contribution in [-0.4, -0.2) is 31.6 Å². The SMILES string of the molecule is O=c1c2ccccc2nc(SCc2cn3cc(Br)ccc3n2)n1CC1CCCO1. The maximum atomic E-state index is 13.2. The van der Waals surface area contributed by atoms with Crippen LogP contribution in [0.15, 0.2) is 63.2 Å². The highest BCUT2D eigenvalue weighted by molar-refractivity contribution is 9.10. The van der Waals surface area contributed by atoms with Gasteiger partial charge < -0.3 is 9.14 Å². The van der Waals surface area contributed by atoms with Crippen molar-refractivity contribution >= 4 is 44.2 Å². The number of para-hydroxylation sites is 1. The third-order valence-corrected chi connectivity index (χ3v) is 6.53. The molecule has 1 saturated heterocycles. The number of benzene rings is 1. The van der Waals surface area contributed by atoms with Crippen molar-refractivity contribution in [1.82, 2.24) is 18.9 Å². The van der Waals surface area contributed by atoms with E-state index in [4.69, 9.17) is 9.72 Å². The van der Waals surface area contributed by atoms with Crippen molar-refractivity contribution < 1.29 is 4.74 Å². The number of fused-ring (bicyclic) bond motifs is 2. The van der Waals surface area contributed by atoms with E-state index in [1.807, 2.05) is 53.2 Å². The molecule has 0 radical (unpaired) electrons. The zero-order valence-corrected chi connectivity index (χ0v) is 18.0. The van der Waals surface area contributed by atoms with Gasteiger partial charge in [0, 0.05) is 29.2 Å². The molecule has 4 aromatic rings. The van der Waals surface area contributed by atoms with Crippen molar-refractivity contribution in [2.75, 3.05) is 6.61 Å². The monoisotopic (exact) mass is 470 g/mol. The summed E-state index contributed by atoms with van der Waals surface area (Å²) < 4.78 is 10.5. The Morgan fingerprint density at radius 2 is 2.07 bits per heavy atom. The summed E-state index contributed by atoms with van der Waals surface area (Å²) in [7, 11) is 0. The molecule has 5 rings (SSSR count). The van der Waals surface area contributed by atoms with Gasteiger partial charge in [0.2, 0.25) is 0 Å². The minimum atomic E-state index is -0.00691. The average Bonchev–Trinajstić information content (AvgIpc) is 3.38. The molecule has 8 heteroatoms. The van der Waals surface area contributed by atoms with Gasteiger partial charge in [0.1, 0.15) is 5.65 Å². The second kappa shape index (κ2) is 7.93. The van der Waals surface area contributed by atoms with Crippen LogP contribution < -0.4 is 5.56 Å². The van der Waals surface area contributed by atoms with Crippen molar-refractivity contribution in [2.24, 2.45) is 0 Å². The summed E-state index contributed by atoms with van der Waals surface area (Å²) in [6.07, 6.45) is 6.08. The zero-order valence-electron chi connectivity index (χ0n) is 15.6. The molecule has 148 valence electrons. The summed E-state index contributed by atoms with van der Waals surface area (Å²) in [6, 6.07) is 11.5. The molecule has 0 bridgehead atoms. The number of hydrogen-bond acceptors (Lipinski definition) is 5. The predicted octanol–water partition coefficient (Wildman–Crippen LogP) is 4.28. The van der Waals surface area contributed by atoms with Crippen molar-refractivity contribution in [1.29, 1.82) is 0 Å². The van der Waals surface area contributed by atoms with Gasteiger partial charge in [-0.05, 0) is 53.0 Å². The minimum absolute atomic E-state index is 0.00691. The molecular formula is C21H19BrN4O2S. The highest BCUT2D eigenvalue weighted by Crippen LogP contribution is 2.24. The largest absolute Gasteiger partial charge is 0.376 e. The molecular weight excluding hydrogens is 452 g/mol. The summed E-state index contributed by atoms with van der Waals surface area (Å²) in [4.78, 5) is 22.6. The van der Waals surface area contributed by atoms with E-state index in [0.29, 0.717) is 22.8 Å². The van der Waals surface area contributed by atoms with Gasteiger partial charge in [0.15, 0.2) is 5.16 Å². The Bertz CT molecular complexity index is 1250. The number of ether oxygens (including phenoxy) is 1. The minimum Gasteiger partial charge on any atom is -0.376 e. The first-order valence-electron chi connectivity index (χ1n) is 9.54. The van der Waals surface area contributed by atoms with Gasteiger partial charge >= 0.3 is 0 Å². The van der Waals surface area contributed by atoms with Crippen molar-refractivity contribution in [3.63, 3.8) is 0 Å². The number of rotatable bonds is 5. The molecule has 1 aliphatic rings. The van der Waals surface area contributed by atoms with E-state index < -0.39 is 0 Å². The van der Waals surface area contributed by atoms with E-state index in [9.17, 15) is 4.79 Å². The number of aromatic nitrogens is 4. The lowest BCUT2D eigenvalue weighted by atomic mass is 10.2. The van der Waals surface area contributed by atoms with Crippen LogP contribution in [0.3, 0.4) is 0 Å². The maximum Gasteiger partial charge on any atom is 0.262 e. The fourth-order valence-corrected chi connectivity index (χ4v) is 4.88. The average molecular weight is 471 g/mol. The molecule has 4 heterocycles. The first kappa shape index (κ1) is 18.8. The van der Waals surface area contributed by atoms with Crippen LogP contribution >= 0.6 is 27.7 Å². The quantitative estimate of drug-likeness (QED) is 0.321. The third-order valence-electron chi connectivity index (χ3n) is 5.05. The van der Waals surface area contributed by atoms with Crippen molar-refractivity contribution in [2.45, 2.75) is 36.4 Å². The zero-order chi connectivity index (χ0) is 19.8. The van der Waals surface area contributed by atoms with Crippen LogP contribution in [0.25, 0.3) is 16.6 Å². The molecule has 6 nitrogen and oxygen atoms in total. The van der Waals surface area contributed by atoms with E-state index in [1.54, 1.807) is 16.3 Å². The molecule has 0 spiro atoms. The van der Waals surface area contributed by atoms with E-state index in [0.717, 1.165) is 40.8 Å². The van der Waals surface area contributed by atoms with Gasteiger partial charge in [-0.3, -0.25) is 9.36 Å². The van der Waals surface area contributed by atoms with Gasteiger partial charge in [-0.25, -0.2) is 9.97 Å². The van der Waals surface area contributed by atoms with Gasteiger partial charge in [0.05, 0.1) is 29.2 Å². The van der Waals surface area contributed by atoms with E-state index in [-0.39, 0.29) is 11.7 Å². The van der Waals surface area contributed by atoms with E-state index >= 15 is 0 Å². The molecule has 1 aliphatic heterocycles. The second-order valence-electron chi connectivity index (χ2n) is 7.10. The second-order valence-corrected chi connectivity index (χ2v) is 8.95. The van der Waals surface area contributed by atoms with E-state index in [1.165, 1.54) is 0 Å². The molecule has 0 N–H and O–H groups in total. The molecule has 3 aromatic heterocycles. The molecule has 29 heavy (non-hydrogen) atoms.